The standard InChI is InChI=1S/C6H13NO.C2H2O4.Cu/c1-5(8)4-6(2,3)7;3-1(4)2(5)6;/h4,7H2,1-3H3;(H,3,4)(H,5,6);/q;;+2/p-2. The SMILES string of the molecule is CC(=O)CC(C)(C)N.O=C([O-])C(=O)[O-].[Cu+2]. The maximum Gasteiger partial charge on any atom is 2.00 e. The van der Waals surface area contributed by atoms with Crippen molar-refractivity contribution in [1.82, 2.24) is 0 Å². The van der Waals surface area contributed by atoms with Gasteiger partial charge in [-0.05, 0) is 20.8 Å². The van der Waals surface area contributed by atoms with Gasteiger partial charge in [-0.1, -0.05) is 0 Å². The Morgan fingerprint density at radius 2 is 1.40 bits per heavy atom. The number of aliphatic carboxylic acids is 2. The molecule has 1 radical (unpaired) electrons. The zero-order chi connectivity index (χ0) is 11.9. The van der Waals surface area contributed by atoms with Gasteiger partial charge in [0.2, 0.25) is 0 Å². The average molecular weight is 267 g/mol. The molecule has 0 rings (SSSR count). The zero-order valence-electron chi connectivity index (χ0n) is 8.63. The Morgan fingerprint density at radius 3 is 1.40 bits per heavy atom. The Balaban J connectivity index is -0.000000187. The molecule has 0 atom stereocenters. The molecule has 91 valence electrons. The van der Waals surface area contributed by atoms with E-state index < -0.39 is 11.9 Å². The summed E-state index contributed by atoms with van der Waals surface area (Å²) in [6.07, 6.45) is 0.465. The fourth-order valence-corrected chi connectivity index (χ4v) is 0.642. The van der Waals surface area contributed by atoms with E-state index in [1.54, 1.807) is 6.92 Å². The molecule has 0 amide bonds. The van der Waals surface area contributed by atoms with Crippen LogP contribution in [0.5, 0.6) is 0 Å². The molecule has 0 aliphatic heterocycles. The number of carbonyl (C=O) groups excluding carboxylic acids is 3. The number of carboxylic acids is 2. The van der Waals surface area contributed by atoms with E-state index >= 15 is 0 Å². The zero-order valence-corrected chi connectivity index (χ0v) is 9.57. The summed E-state index contributed by atoms with van der Waals surface area (Å²) in [5.74, 6) is -4.22. The van der Waals surface area contributed by atoms with Gasteiger partial charge in [-0.2, -0.15) is 0 Å². The van der Waals surface area contributed by atoms with Crippen molar-refractivity contribution >= 4 is 17.7 Å². The number of rotatable bonds is 2. The Bertz CT molecular complexity index is 222. The number of hydrogen-bond acceptors (Lipinski definition) is 6. The molecule has 0 aromatic carbocycles. The van der Waals surface area contributed by atoms with Gasteiger partial charge in [0.1, 0.15) is 5.78 Å². The van der Waals surface area contributed by atoms with Gasteiger partial charge in [0.05, 0.1) is 11.9 Å². The maximum atomic E-state index is 10.4. The topological polar surface area (TPSA) is 123 Å². The first kappa shape index (κ1) is 19.6. The Kier molecular flexibility index (Phi) is 11.0. The van der Waals surface area contributed by atoms with Gasteiger partial charge >= 0.3 is 17.1 Å². The molecular weight excluding hydrogens is 254 g/mol. The van der Waals surface area contributed by atoms with Crippen molar-refractivity contribution in [2.45, 2.75) is 32.7 Å². The third-order valence-electron chi connectivity index (χ3n) is 0.871. The Morgan fingerprint density at radius 1 is 1.13 bits per heavy atom. The van der Waals surface area contributed by atoms with E-state index in [4.69, 9.17) is 25.5 Å². The first-order chi connectivity index (χ1) is 6.06. The summed E-state index contributed by atoms with van der Waals surface area (Å²) in [5.41, 5.74) is 5.19. The van der Waals surface area contributed by atoms with Crippen LogP contribution in [0.4, 0.5) is 0 Å². The molecule has 0 bridgehead atoms. The molecule has 15 heavy (non-hydrogen) atoms. The van der Waals surface area contributed by atoms with E-state index in [0.717, 1.165) is 0 Å². The summed E-state index contributed by atoms with van der Waals surface area (Å²) in [5, 5.41) is 17.9. The third kappa shape index (κ3) is 24.6. The van der Waals surface area contributed by atoms with Crippen molar-refractivity contribution in [3.05, 3.63) is 0 Å². The Hall–Kier alpha value is -0.911. The summed E-state index contributed by atoms with van der Waals surface area (Å²) in [4.78, 5) is 28.2. The monoisotopic (exact) mass is 266 g/mol. The predicted octanol–water partition coefficient (Wildman–Crippen LogP) is -2.81. The number of carboxylic acid groups (broad SMARTS) is 2. The van der Waals surface area contributed by atoms with E-state index in [-0.39, 0.29) is 28.4 Å². The van der Waals surface area contributed by atoms with E-state index in [0.29, 0.717) is 6.42 Å². The van der Waals surface area contributed by atoms with E-state index in [1.807, 2.05) is 13.8 Å². The van der Waals surface area contributed by atoms with Crippen LogP contribution < -0.4 is 15.9 Å². The van der Waals surface area contributed by atoms with Crippen LogP contribution >= 0.6 is 0 Å². The molecular formula is C8H13CuNO5. The minimum absolute atomic E-state index is 0. The van der Waals surface area contributed by atoms with Gasteiger partial charge in [0.25, 0.3) is 0 Å². The van der Waals surface area contributed by atoms with Crippen molar-refractivity contribution in [2.24, 2.45) is 5.73 Å². The summed E-state index contributed by atoms with van der Waals surface area (Å²) in [7, 11) is 0. The second-order valence-electron chi connectivity index (χ2n) is 3.44. The van der Waals surface area contributed by atoms with Gasteiger partial charge in [-0.25, -0.2) is 0 Å². The number of hydrogen-bond donors (Lipinski definition) is 1. The van der Waals surface area contributed by atoms with Crippen LogP contribution in [0.15, 0.2) is 0 Å². The summed E-state index contributed by atoms with van der Waals surface area (Å²) in [6.45, 7) is 5.23. The number of ketones is 1. The normalized spacial score (nSPS) is 9.07. The van der Waals surface area contributed by atoms with Crippen molar-refractivity contribution < 1.29 is 41.7 Å². The van der Waals surface area contributed by atoms with Crippen LogP contribution in [-0.4, -0.2) is 23.3 Å². The second-order valence-corrected chi connectivity index (χ2v) is 3.44. The summed E-state index contributed by atoms with van der Waals surface area (Å²) >= 11 is 0. The molecule has 0 saturated heterocycles. The molecule has 0 saturated carbocycles. The van der Waals surface area contributed by atoms with Gasteiger partial charge < -0.3 is 25.5 Å². The fourth-order valence-electron chi connectivity index (χ4n) is 0.642. The van der Waals surface area contributed by atoms with Crippen LogP contribution in [0.3, 0.4) is 0 Å². The van der Waals surface area contributed by atoms with Crippen LogP contribution in [0.25, 0.3) is 0 Å². The minimum atomic E-state index is -2.19. The molecule has 0 unspecified atom stereocenters. The molecule has 7 heteroatoms. The van der Waals surface area contributed by atoms with Crippen LogP contribution in [-0.2, 0) is 31.5 Å². The number of carbonyl (C=O) groups is 3. The predicted molar refractivity (Wildman–Crippen MR) is 43.6 cm³/mol. The van der Waals surface area contributed by atoms with E-state index in [2.05, 4.69) is 0 Å². The fraction of sp³-hybridized carbons (Fsp3) is 0.625. The quantitative estimate of drug-likeness (QED) is 0.425. The van der Waals surface area contributed by atoms with Crippen LogP contribution in [0, 0.1) is 0 Å². The van der Waals surface area contributed by atoms with Crippen molar-refractivity contribution in [1.29, 1.82) is 0 Å². The largest absolute Gasteiger partial charge is 2.00 e. The molecule has 0 aliphatic carbocycles. The van der Waals surface area contributed by atoms with Gasteiger partial charge in [0, 0.05) is 12.0 Å². The molecule has 2 N–H and O–H groups in total. The molecule has 0 aromatic heterocycles. The van der Waals surface area contributed by atoms with E-state index in [1.165, 1.54) is 0 Å². The number of nitrogens with two attached hydrogens (primary N) is 1. The third-order valence-corrected chi connectivity index (χ3v) is 0.871. The first-order valence-electron chi connectivity index (χ1n) is 3.77. The molecule has 0 heterocycles. The van der Waals surface area contributed by atoms with Crippen molar-refractivity contribution in [2.75, 3.05) is 0 Å². The van der Waals surface area contributed by atoms with E-state index in [9.17, 15) is 4.79 Å². The molecule has 0 aromatic rings. The summed E-state index contributed by atoms with van der Waals surface area (Å²) in [6, 6.07) is 0. The number of Topliss-reactive ketones (excluding diaryl/α,β-unsaturated/α-hetero) is 1. The second kappa shape index (κ2) is 8.40. The molecule has 0 fully saturated rings. The first-order valence-corrected chi connectivity index (χ1v) is 3.77. The van der Waals surface area contributed by atoms with Gasteiger partial charge in [0.15, 0.2) is 0 Å². The van der Waals surface area contributed by atoms with Crippen molar-refractivity contribution in [3.63, 3.8) is 0 Å². The van der Waals surface area contributed by atoms with Gasteiger partial charge in [-0.15, -0.1) is 0 Å². The molecule has 0 spiro atoms. The molecule has 0 aliphatic rings. The molecule has 6 nitrogen and oxygen atoms in total. The van der Waals surface area contributed by atoms with Gasteiger partial charge in [-0.3, -0.25) is 4.79 Å². The maximum absolute atomic E-state index is 10.4. The summed E-state index contributed by atoms with van der Waals surface area (Å²) < 4.78 is 0. The average Bonchev–Trinajstić information content (AvgIpc) is 1.81. The van der Waals surface area contributed by atoms with Crippen LogP contribution in [0.1, 0.15) is 27.2 Å². The van der Waals surface area contributed by atoms with Crippen molar-refractivity contribution in [3.8, 4) is 0 Å². The smallest absolute Gasteiger partial charge is 0.543 e. The Labute approximate surface area is 98.3 Å². The van der Waals surface area contributed by atoms with Crippen LogP contribution in [0.2, 0.25) is 0 Å². The minimum Gasteiger partial charge on any atom is -0.543 e.